The molecule has 1 rings (SSSR count). The molecule has 0 radical (unpaired) electrons. The molecule has 6 heteroatoms. The molecule has 0 bridgehead atoms. The number of nitrogens with two attached hydrogens (primary N) is 1. The van der Waals surface area contributed by atoms with Crippen LogP contribution >= 0.6 is 0 Å². The first-order valence-electron chi connectivity index (χ1n) is 4.93. The minimum Gasteiger partial charge on any atom is -0.397 e. The Morgan fingerprint density at radius 2 is 2.19 bits per heavy atom. The number of likely N-dealkylation sites (N-methyl/N-ethyl adjacent to an activating group) is 1. The fourth-order valence-corrected chi connectivity index (χ4v) is 1.24. The summed E-state index contributed by atoms with van der Waals surface area (Å²) in [4.78, 5) is 12.1. The standard InChI is InChI=1S/C10H16N4O2/c1-13(2)6-5-12-10-4-3-8(14(15)16)7-9(10)11/h3-4,7,12H,5-6,11H2,1-2H3. The summed E-state index contributed by atoms with van der Waals surface area (Å²) in [5, 5.41) is 13.6. The van der Waals surface area contributed by atoms with E-state index in [9.17, 15) is 10.1 Å². The van der Waals surface area contributed by atoms with Gasteiger partial charge in [0.05, 0.1) is 16.3 Å². The highest BCUT2D eigenvalue weighted by atomic mass is 16.6. The molecule has 0 fully saturated rings. The summed E-state index contributed by atoms with van der Waals surface area (Å²) in [6, 6.07) is 4.43. The lowest BCUT2D eigenvalue weighted by Crippen LogP contribution is -2.21. The van der Waals surface area contributed by atoms with E-state index in [0.29, 0.717) is 5.69 Å². The molecule has 0 atom stereocenters. The maximum Gasteiger partial charge on any atom is 0.271 e. The maximum absolute atomic E-state index is 10.5. The fraction of sp³-hybridized carbons (Fsp3) is 0.400. The van der Waals surface area contributed by atoms with E-state index in [-0.39, 0.29) is 5.69 Å². The van der Waals surface area contributed by atoms with Crippen LogP contribution in [0.4, 0.5) is 17.1 Å². The first kappa shape index (κ1) is 12.3. The van der Waals surface area contributed by atoms with Crippen LogP contribution in [-0.2, 0) is 0 Å². The van der Waals surface area contributed by atoms with Crippen molar-refractivity contribution in [1.82, 2.24) is 4.90 Å². The quantitative estimate of drug-likeness (QED) is 0.445. The van der Waals surface area contributed by atoms with Gasteiger partial charge in [-0.15, -0.1) is 0 Å². The minimum atomic E-state index is -0.458. The summed E-state index contributed by atoms with van der Waals surface area (Å²) in [6.07, 6.45) is 0. The van der Waals surface area contributed by atoms with Gasteiger partial charge in [-0.3, -0.25) is 10.1 Å². The van der Waals surface area contributed by atoms with E-state index in [4.69, 9.17) is 5.73 Å². The lowest BCUT2D eigenvalue weighted by molar-refractivity contribution is -0.384. The van der Waals surface area contributed by atoms with Crippen molar-refractivity contribution in [3.63, 3.8) is 0 Å². The summed E-state index contributed by atoms with van der Waals surface area (Å²) in [5.74, 6) is 0. The van der Waals surface area contributed by atoms with E-state index in [1.54, 1.807) is 6.07 Å². The predicted octanol–water partition coefficient (Wildman–Crippen LogP) is 1.15. The Kier molecular flexibility index (Phi) is 4.07. The molecular formula is C10H16N4O2. The summed E-state index contributed by atoms with van der Waals surface area (Å²) in [5.41, 5.74) is 6.83. The molecule has 0 heterocycles. The molecule has 0 amide bonds. The highest BCUT2D eigenvalue weighted by molar-refractivity contribution is 5.69. The predicted molar refractivity (Wildman–Crippen MR) is 64.6 cm³/mol. The molecule has 0 aromatic heterocycles. The molecule has 16 heavy (non-hydrogen) atoms. The largest absolute Gasteiger partial charge is 0.397 e. The first-order valence-corrected chi connectivity index (χ1v) is 4.93. The third kappa shape index (κ3) is 3.39. The summed E-state index contributed by atoms with van der Waals surface area (Å²) >= 11 is 0. The van der Waals surface area contributed by atoms with Crippen molar-refractivity contribution < 1.29 is 4.92 Å². The average molecular weight is 224 g/mol. The molecular weight excluding hydrogens is 208 g/mol. The van der Waals surface area contributed by atoms with Gasteiger partial charge in [0.15, 0.2) is 0 Å². The molecule has 0 aliphatic carbocycles. The van der Waals surface area contributed by atoms with Crippen LogP contribution in [0.2, 0.25) is 0 Å². The van der Waals surface area contributed by atoms with Gasteiger partial charge < -0.3 is 16.0 Å². The zero-order valence-corrected chi connectivity index (χ0v) is 9.43. The number of nitro groups is 1. The molecule has 0 unspecified atom stereocenters. The summed E-state index contributed by atoms with van der Waals surface area (Å²) < 4.78 is 0. The van der Waals surface area contributed by atoms with Crippen LogP contribution in [-0.4, -0.2) is 37.0 Å². The molecule has 0 saturated heterocycles. The molecule has 1 aromatic carbocycles. The number of hydrogen-bond acceptors (Lipinski definition) is 5. The zero-order chi connectivity index (χ0) is 12.1. The second-order valence-corrected chi connectivity index (χ2v) is 3.76. The van der Waals surface area contributed by atoms with Gasteiger partial charge in [-0.2, -0.15) is 0 Å². The minimum absolute atomic E-state index is 0.00987. The van der Waals surface area contributed by atoms with Gasteiger partial charge in [-0.1, -0.05) is 0 Å². The van der Waals surface area contributed by atoms with Gasteiger partial charge >= 0.3 is 0 Å². The number of nitrogens with zero attached hydrogens (tertiary/aromatic N) is 2. The van der Waals surface area contributed by atoms with E-state index in [0.717, 1.165) is 18.8 Å². The Labute approximate surface area is 94.2 Å². The number of benzene rings is 1. The average Bonchev–Trinajstić information content (AvgIpc) is 2.19. The number of rotatable bonds is 5. The van der Waals surface area contributed by atoms with Gasteiger partial charge in [0.25, 0.3) is 5.69 Å². The van der Waals surface area contributed by atoms with Crippen LogP contribution in [0.1, 0.15) is 0 Å². The SMILES string of the molecule is CN(C)CCNc1ccc([N+](=O)[O-])cc1N. The number of hydrogen-bond donors (Lipinski definition) is 2. The van der Waals surface area contributed by atoms with E-state index < -0.39 is 4.92 Å². The Hall–Kier alpha value is -1.82. The summed E-state index contributed by atoms with van der Waals surface area (Å²) in [6.45, 7) is 1.62. The Morgan fingerprint density at radius 3 is 2.69 bits per heavy atom. The monoisotopic (exact) mass is 224 g/mol. The van der Waals surface area contributed by atoms with Crippen LogP contribution in [0.5, 0.6) is 0 Å². The third-order valence-corrected chi connectivity index (χ3v) is 2.12. The number of non-ortho nitro benzene ring substituents is 1. The molecule has 0 aliphatic rings. The van der Waals surface area contributed by atoms with Crippen LogP contribution in [0.25, 0.3) is 0 Å². The molecule has 0 aliphatic heterocycles. The second kappa shape index (κ2) is 5.32. The van der Waals surface area contributed by atoms with Gasteiger partial charge in [-0.25, -0.2) is 0 Å². The highest BCUT2D eigenvalue weighted by Crippen LogP contribution is 2.23. The van der Waals surface area contributed by atoms with Crippen LogP contribution in [0, 0.1) is 10.1 Å². The van der Waals surface area contributed by atoms with Crippen LogP contribution in [0.3, 0.4) is 0 Å². The summed E-state index contributed by atoms with van der Waals surface area (Å²) in [7, 11) is 3.95. The molecule has 0 spiro atoms. The van der Waals surface area contributed by atoms with Gasteiger partial charge in [0.1, 0.15) is 0 Å². The van der Waals surface area contributed by atoms with Crippen molar-refractivity contribution in [2.75, 3.05) is 38.2 Å². The normalized spacial score (nSPS) is 10.4. The van der Waals surface area contributed by atoms with Gasteiger partial charge in [-0.05, 0) is 20.2 Å². The smallest absolute Gasteiger partial charge is 0.271 e. The fourth-order valence-electron chi connectivity index (χ4n) is 1.24. The number of anilines is 2. The van der Waals surface area contributed by atoms with Crippen LogP contribution in [0.15, 0.2) is 18.2 Å². The third-order valence-electron chi connectivity index (χ3n) is 2.12. The Bertz CT molecular complexity index is 379. The number of nitro benzene ring substituents is 1. The molecule has 6 nitrogen and oxygen atoms in total. The van der Waals surface area contributed by atoms with E-state index in [2.05, 4.69) is 5.32 Å². The lowest BCUT2D eigenvalue weighted by Gasteiger charge is -2.12. The van der Waals surface area contributed by atoms with E-state index in [1.165, 1.54) is 12.1 Å². The highest BCUT2D eigenvalue weighted by Gasteiger charge is 2.07. The molecule has 88 valence electrons. The van der Waals surface area contributed by atoms with Crippen LogP contribution < -0.4 is 11.1 Å². The van der Waals surface area contributed by atoms with Crippen molar-refractivity contribution in [3.05, 3.63) is 28.3 Å². The second-order valence-electron chi connectivity index (χ2n) is 3.76. The first-order chi connectivity index (χ1) is 7.50. The Balaban J connectivity index is 2.64. The van der Waals surface area contributed by atoms with Crippen molar-refractivity contribution in [2.24, 2.45) is 0 Å². The molecule has 0 saturated carbocycles. The molecule has 1 aromatic rings. The molecule has 3 N–H and O–H groups in total. The van der Waals surface area contributed by atoms with Gasteiger partial charge in [0.2, 0.25) is 0 Å². The Morgan fingerprint density at radius 1 is 1.50 bits per heavy atom. The van der Waals surface area contributed by atoms with E-state index in [1.807, 2.05) is 19.0 Å². The maximum atomic E-state index is 10.5. The van der Waals surface area contributed by atoms with Crippen molar-refractivity contribution in [2.45, 2.75) is 0 Å². The van der Waals surface area contributed by atoms with Crippen molar-refractivity contribution in [1.29, 1.82) is 0 Å². The van der Waals surface area contributed by atoms with E-state index >= 15 is 0 Å². The topological polar surface area (TPSA) is 84.4 Å². The number of nitrogen functional groups attached to an aromatic ring is 1. The van der Waals surface area contributed by atoms with Gasteiger partial charge in [0, 0.05) is 25.2 Å². The van der Waals surface area contributed by atoms with Crippen molar-refractivity contribution in [3.8, 4) is 0 Å². The number of nitrogens with one attached hydrogen (secondary N) is 1. The van der Waals surface area contributed by atoms with Crippen molar-refractivity contribution >= 4 is 17.1 Å². The lowest BCUT2D eigenvalue weighted by atomic mass is 10.2. The zero-order valence-electron chi connectivity index (χ0n) is 9.43.